The molecule has 1 amide bonds. The standard InChI is InChI=1S/C18H18ClN3O2S2/c1-11-3-4-12(24-2)15-16(11)26-18(20-15)22-9-7-21(8-10-22)17(23)13-5-6-14(19)25-13/h3-6H,7-10H2,1-2H3. The molecule has 136 valence electrons. The third-order valence-electron chi connectivity index (χ3n) is 4.53. The number of aromatic nitrogens is 1. The van der Waals surface area contributed by atoms with Crippen molar-refractivity contribution < 1.29 is 9.53 Å². The van der Waals surface area contributed by atoms with Crippen molar-refractivity contribution >= 4 is 55.5 Å². The van der Waals surface area contributed by atoms with E-state index in [1.807, 2.05) is 11.0 Å². The van der Waals surface area contributed by atoms with E-state index >= 15 is 0 Å². The molecule has 0 aliphatic carbocycles. The fourth-order valence-corrected chi connectivity index (χ4v) is 5.20. The number of piperazine rings is 1. The van der Waals surface area contributed by atoms with Crippen LogP contribution in [0, 0.1) is 6.92 Å². The summed E-state index contributed by atoms with van der Waals surface area (Å²) in [5, 5.41) is 0.985. The van der Waals surface area contributed by atoms with Gasteiger partial charge >= 0.3 is 0 Å². The van der Waals surface area contributed by atoms with Crippen molar-refractivity contribution in [3.05, 3.63) is 39.0 Å². The molecule has 0 unspecified atom stereocenters. The van der Waals surface area contributed by atoms with Crippen LogP contribution in [0.4, 0.5) is 5.13 Å². The summed E-state index contributed by atoms with van der Waals surface area (Å²) in [6.45, 7) is 4.99. The third-order valence-corrected chi connectivity index (χ3v) is 7.00. The van der Waals surface area contributed by atoms with E-state index in [1.165, 1.54) is 16.9 Å². The highest BCUT2D eigenvalue weighted by atomic mass is 35.5. The van der Waals surface area contributed by atoms with Gasteiger partial charge in [0.1, 0.15) is 11.3 Å². The zero-order valence-electron chi connectivity index (χ0n) is 14.5. The number of carbonyl (C=O) groups excluding carboxylic acids is 1. The van der Waals surface area contributed by atoms with Gasteiger partial charge in [-0.2, -0.15) is 0 Å². The minimum Gasteiger partial charge on any atom is -0.494 e. The summed E-state index contributed by atoms with van der Waals surface area (Å²) in [6.07, 6.45) is 0. The van der Waals surface area contributed by atoms with Crippen molar-refractivity contribution in [2.45, 2.75) is 6.92 Å². The van der Waals surface area contributed by atoms with E-state index in [-0.39, 0.29) is 5.91 Å². The maximum absolute atomic E-state index is 12.6. The number of fused-ring (bicyclic) bond motifs is 1. The van der Waals surface area contributed by atoms with E-state index in [1.54, 1.807) is 30.6 Å². The number of anilines is 1. The van der Waals surface area contributed by atoms with Gasteiger partial charge in [-0.25, -0.2) is 4.98 Å². The summed E-state index contributed by atoms with van der Waals surface area (Å²) < 4.78 is 7.25. The van der Waals surface area contributed by atoms with E-state index in [4.69, 9.17) is 21.3 Å². The lowest BCUT2D eigenvalue weighted by molar-refractivity contribution is 0.0751. The lowest BCUT2D eigenvalue weighted by atomic mass is 10.2. The van der Waals surface area contributed by atoms with Gasteiger partial charge in [0.15, 0.2) is 5.13 Å². The number of rotatable bonds is 3. The van der Waals surface area contributed by atoms with Crippen LogP contribution in [-0.2, 0) is 0 Å². The SMILES string of the molecule is COc1ccc(C)c2sc(N3CCN(C(=O)c4ccc(Cl)s4)CC3)nc12. The second kappa shape index (κ2) is 7.06. The van der Waals surface area contributed by atoms with Crippen LogP contribution in [0.3, 0.4) is 0 Å². The Morgan fingerprint density at radius 2 is 1.92 bits per heavy atom. The molecule has 8 heteroatoms. The number of ether oxygens (including phenoxy) is 1. The highest BCUT2D eigenvalue weighted by Crippen LogP contribution is 2.36. The van der Waals surface area contributed by atoms with Crippen molar-refractivity contribution in [1.82, 2.24) is 9.88 Å². The molecule has 0 N–H and O–H groups in total. The summed E-state index contributed by atoms with van der Waals surface area (Å²) in [5.41, 5.74) is 2.12. The Bertz CT molecular complexity index is 961. The van der Waals surface area contributed by atoms with Crippen LogP contribution in [0.25, 0.3) is 10.2 Å². The molecular formula is C18H18ClN3O2S2. The summed E-state index contributed by atoms with van der Waals surface area (Å²) in [6, 6.07) is 7.59. The Kier molecular flexibility index (Phi) is 4.77. The fourth-order valence-electron chi connectivity index (χ4n) is 3.08. The van der Waals surface area contributed by atoms with Crippen LogP contribution in [-0.4, -0.2) is 49.1 Å². The highest BCUT2D eigenvalue weighted by molar-refractivity contribution is 7.22. The molecule has 5 nitrogen and oxygen atoms in total. The Balaban J connectivity index is 1.50. The van der Waals surface area contributed by atoms with Gasteiger partial charge in [-0.05, 0) is 30.7 Å². The summed E-state index contributed by atoms with van der Waals surface area (Å²) >= 11 is 8.96. The smallest absolute Gasteiger partial charge is 0.264 e. The van der Waals surface area contributed by atoms with Crippen LogP contribution < -0.4 is 9.64 Å². The first kappa shape index (κ1) is 17.6. The lowest BCUT2D eigenvalue weighted by Crippen LogP contribution is -2.48. The average molecular weight is 408 g/mol. The Morgan fingerprint density at radius 1 is 1.15 bits per heavy atom. The van der Waals surface area contributed by atoms with E-state index in [0.717, 1.165) is 34.2 Å². The van der Waals surface area contributed by atoms with E-state index in [2.05, 4.69) is 17.9 Å². The number of nitrogens with zero attached hydrogens (tertiary/aromatic N) is 3. The molecule has 1 saturated heterocycles. The summed E-state index contributed by atoms with van der Waals surface area (Å²) in [7, 11) is 1.67. The van der Waals surface area contributed by atoms with Gasteiger partial charge < -0.3 is 14.5 Å². The first-order chi connectivity index (χ1) is 12.6. The van der Waals surface area contributed by atoms with Crippen LogP contribution >= 0.6 is 34.3 Å². The van der Waals surface area contributed by atoms with Gasteiger partial charge in [-0.15, -0.1) is 11.3 Å². The summed E-state index contributed by atoms with van der Waals surface area (Å²) in [4.78, 5) is 22.2. The Labute approximate surface area is 164 Å². The molecule has 1 aromatic carbocycles. The largest absolute Gasteiger partial charge is 0.494 e. The number of hydrogen-bond donors (Lipinski definition) is 0. The van der Waals surface area contributed by atoms with Gasteiger partial charge in [0.25, 0.3) is 5.91 Å². The van der Waals surface area contributed by atoms with Gasteiger partial charge in [0.05, 0.1) is 21.0 Å². The van der Waals surface area contributed by atoms with Crippen molar-refractivity contribution in [1.29, 1.82) is 0 Å². The molecule has 0 spiro atoms. The van der Waals surface area contributed by atoms with Gasteiger partial charge in [-0.3, -0.25) is 4.79 Å². The number of thiophene rings is 1. The van der Waals surface area contributed by atoms with Crippen LogP contribution in [0.5, 0.6) is 5.75 Å². The number of methoxy groups -OCH3 is 1. The molecule has 3 heterocycles. The number of thiazole rings is 1. The van der Waals surface area contributed by atoms with Crippen LogP contribution in [0.15, 0.2) is 24.3 Å². The molecular weight excluding hydrogens is 390 g/mol. The van der Waals surface area contributed by atoms with E-state index in [9.17, 15) is 4.79 Å². The monoisotopic (exact) mass is 407 g/mol. The molecule has 4 rings (SSSR count). The molecule has 1 fully saturated rings. The predicted octanol–water partition coefficient (Wildman–Crippen LogP) is 4.29. The van der Waals surface area contributed by atoms with Crippen molar-refractivity contribution in [3.63, 3.8) is 0 Å². The Morgan fingerprint density at radius 3 is 2.58 bits per heavy atom. The molecule has 1 aliphatic rings. The number of hydrogen-bond acceptors (Lipinski definition) is 6. The maximum Gasteiger partial charge on any atom is 0.264 e. The Hall–Kier alpha value is -1.83. The molecule has 0 saturated carbocycles. The fraction of sp³-hybridized carbons (Fsp3) is 0.333. The maximum atomic E-state index is 12.6. The average Bonchev–Trinajstić information content (AvgIpc) is 3.29. The number of benzene rings is 1. The molecule has 2 aromatic heterocycles. The van der Waals surface area contributed by atoms with Crippen molar-refractivity contribution in [3.8, 4) is 5.75 Å². The molecule has 0 bridgehead atoms. The molecule has 1 aliphatic heterocycles. The first-order valence-corrected chi connectivity index (χ1v) is 10.3. The molecule has 26 heavy (non-hydrogen) atoms. The minimum absolute atomic E-state index is 0.0587. The first-order valence-electron chi connectivity index (χ1n) is 8.30. The number of halogens is 1. The topological polar surface area (TPSA) is 45.7 Å². The summed E-state index contributed by atoms with van der Waals surface area (Å²) in [5.74, 6) is 0.861. The highest BCUT2D eigenvalue weighted by Gasteiger charge is 2.25. The third kappa shape index (κ3) is 3.15. The molecule has 0 atom stereocenters. The van der Waals surface area contributed by atoms with Crippen molar-refractivity contribution in [2.75, 3.05) is 38.2 Å². The zero-order chi connectivity index (χ0) is 18.3. The minimum atomic E-state index is 0.0587. The van der Waals surface area contributed by atoms with Crippen LogP contribution in [0.2, 0.25) is 4.34 Å². The van der Waals surface area contributed by atoms with Gasteiger partial charge in [0.2, 0.25) is 0 Å². The van der Waals surface area contributed by atoms with Gasteiger partial charge in [0, 0.05) is 26.2 Å². The molecule has 0 radical (unpaired) electrons. The molecule has 3 aromatic rings. The van der Waals surface area contributed by atoms with E-state index < -0.39 is 0 Å². The second-order valence-corrected chi connectivity index (χ2v) is 8.83. The van der Waals surface area contributed by atoms with Gasteiger partial charge in [-0.1, -0.05) is 29.0 Å². The lowest BCUT2D eigenvalue weighted by Gasteiger charge is -2.34. The normalized spacial score (nSPS) is 14.9. The van der Waals surface area contributed by atoms with Crippen molar-refractivity contribution in [2.24, 2.45) is 0 Å². The second-order valence-electron chi connectivity index (χ2n) is 6.14. The van der Waals surface area contributed by atoms with E-state index in [0.29, 0.717) is 22.3 Å². The number of carbonyl (C=O) groups is 1. The number of amides is 1. The number of aryl methyl sites for hydroxylation is 1. The quantitative estimate of drug-likeness (QED) is 0.649. The zero-order valence-corrected chi connectivity index (χ0v) is 16.9. The predicted molar refractivity (Wildman–Crippen MR) is 108 cm³/mol. The van der Waals surface area contributed by atoms with Crippen LogP contribution in [0.1, 0.15) is 15.2 Å².